The van der Waals surface area contributed by atoms with Crippen molar-refractivity contribution >= 4 is 0 Å². The molecule has 1 aliphatic rings. The van der Waals surface area contributed by atoms with Crippen molar-refractivity contribution < 1.29 is 0 Å². The zero-order valence-corrected chi connectivity index (χ0v) is 12.4. The van der Waals surface area contributed by atoms with Gasteiger partial charge in [0.15, 0.2) is 0 Å². The van der Waals surface area contributed by atoms with Crippen molar-refractivity contribution in [2.75, 3.05) is 0 Å². The molecule has 0 fully saturated rings. The van der Waals surface area contributed by atoms with E-state index in [0.717, 1.165) is 32.4 Å². The lowest BCUT2D eigenvalue weighted by molar-refractivity contribution is 0.274. The van der Waals surface area contributed by atoms with Gasteiger partial charge in [0.1, 0.15) is 0 Å². The molecular formula is C16H24N4. The highest BCUT2D eigenvalue weighted by molar-refractivity contribution is 5.30. The van der Waals surface area contributed by atoms with Crippen molar-refractivity contribution in [3.63, 3.8) is 0 Å². The van der Waals surface area contributed by atoms with Crippen LogP contribution in [0.1, 0.15) is 44.0 Å². The molecule has 2 aromatic rings. The summed E-state index contributed by atoms with van der Waals surface area (Å²) in [4.78, 5) is 4.08. The lowest BCUT2D eigenvalue weighted by Gasteiger charge is -2.34. The van der Waals surface area contributed by atoms with Gasteiger partial charge in [-0.3, -0.25) is 0 Å². The van der Waals surface area contributed by atoms with Crippen LogP contribution in [0.3, 0.4) is 0 Å². The van der Waals surface area contributed by atoms with E-state index in [0.29, 0.717) is 5.41 Å². The molecule has 2 N–H and O–H groups in total. The number of hydrogen-bond acceptors (Lipinski definition) is 2. The zero-order valence-electron chi connectivity index (χ0n) is 12.4. The first-order chi connectivity index (χ1) is 9.55. The summed E-state index contributed by atoms with van der Waals surface area (Å²) in [7, 11) is 0. The molecule has 1 aliphatic carbocycles. The summed E-state index contributed by atoms with van der Waals surface area (Å²) in [6.07, 6.45) is 11.3. The quantitative estimate of drug-likeness (QED) is 0.930. The standard InChI is InChI=1S/C16H24N4/c1-16(2)10-14(17)13-4-8-20(15(13)11-16)7-3-6-19-9-5-18-12-19/h4-5,8-9,12,14H,3,6-7,10-11,17H2,1-2H3. The Morgan fingerprint density at radius 3 is 2.95 bits per heavy atom. The molecule has 0 saturated carbocycles. The summed E-state index contributed by atoms with van der Waals surface area (Å²) < 4.78 is 4.53. The third-order valence-corrected chi connectivity index (χ3v) is 4.31. The van der Waals surface area contributed by atoms with Crippen LogP contribution in [-0.2, 0) is 19.5 Å². The van der Waals surface area contributed by atoms with Crippen molar-refractivity contribution in [2.24, 2.45) is 11.1 Å². The third kappa shape index (κ3) is 2.66. The fraction of sp³-hybridized carbons (Fsp3) is 0.562. The van der Waals surface area contributed by atoms with Crippen LogP contribution < -0.4 is 5.73 Å². The summed E-state index contributed by atoms with van der Waals surface area (Å²) >= 11 is 0. The number of fused-ring (bicyclic) bond motifs is 1. The Labute approximate surface area is 120 Å². The molecule has 20 heavy (non-hydrogen) atoms. The van der Waals surface area contributed by atoms with Crippen molar-refractivity contribution in [3.8, 4) is 0 Å². The minimum absolute atomic E-state index is 0.198. The SMILES string of the molecule is CC1(C)Cc2c(ccn2CCCn2ccnc2)C(N)C1. The van der Waals surface area contributed by atoms with Crippen LogP contribution in [0.4, 0.5) is 0 Å². The topological polar surface area (TPSA) is 48.8 Å². The van der Waals surface area contributed by atoms with Crippen molar-refractivity contribution in [1.29, 1.82) is 0 Å². The predicted octanol–water partition coefficient (Wildman–Crippen LogP) is 2.75. The van der Waals surface area contributed by atoms with Crippen LogP contribution in [0, 0.1) is 5.41 Å². The Bertz CT molecular complexity index is 565. The van der Waals surface area contributed by atoms with E-state index in [-0.39, 0.29) is 6.04 Å². The second kappa shape index (κ2) is 5.09. The minimum Gasteiger partial charge on any atom is -0.351 e. The van der Waals surface area contributed by atoms with Crippen LogP contribution in [0.15, 0.2) is 31.0 Å². The monoisotopic (exact) mass is 272 g/mol. The van der Waals surface area contributed by atoms with E-state index in [1.54, 1.807) is 0 Å². The molecule has 0 bridgehead atoms. The molecule has 2 aromatic heterocycles. The molecule has 0 aromatic carbocycles. The number of nitrogens with two attached hydrogens (primary N) is 1. The largest absolute Gasteiger partial charge is 0.351 e. The number of aryl methyl sites for hydroxylation is 2. The van der Waals surface area contributed by atoms with Gasteiger partial charge in [-0.15, -0.1) is 0 Å². The maximum atomic E-state index is 6.32. The first kappa shape index (κ1) is 13.4. The molecule has 0 amide bonds. The fourth-order valence-electron chi connectivity index (χ4n) is 3.35. The lowest BCUT2D eigenvalue weighted by atomic mass is 9.74. The van der Waals surface area contributed by atoms with Crippen LogP contribution >= 0.6 is 0 Å². The smallest absolute Gasteiger partial charge is 0.0945 e. The molecule has 3 rings (SSSR count). The van der Waals surface area contributed by atoms with Crippen LogP contribution in [0.5, 0.6) is 0 Å². The molecule has 0 aliphatic heterocycles. The Hall–Kier alpha value is -1.55. The molecular weight excluding hydrogens is 248 g/mol. The minimum atomic E-state index is 0.198. The first-order valence-corrected chi connectivity index (χ1v) is 7.44. The molecule has 1 atom stereocenters. The average Bonchev–Trinajstić information content (AvgIpc) is 2.98. The molecule has 0 saturated heterocycles. The van der Waals surface area contributed by atoms with Gasteiger partial charge in [0, 0.05) is 43.4 Å². The number of hydrogen-bond donors (Lipinski definition) is 1. The Balaban J connectivity index is 1.69. The van der Waals surface area contributed by atoms with E-state index in [9.17, 15) is 0 Å². The molecule has 0 radical (unpaired) electrons. The molecule has 4 heteroatoms. The number of nitrogens with zero attached hydrogens (tertiary/aromatic N) is 3. The first-order valence-electron chi connectivity index (χ1n) is 7.44. The van der Waals surface area contributed by atoms with Crippen molar-refractivity contribution in [2.45, 2.75) is 52.2 Å². The fourth-order valence-corrected chi connectivity index (χ4v) is 3.35. The van der Waals surface area contributed by atoms with E-state index in [1.165, 1.54) is 11.3 Å². The highest BCUT2D eigenvalue weighted by Crippen LogP contribution is 2.39. The van der Waals surface area contributed by atoms with E-state index >= 15 is 0 Å². The zero-order chi connectivity index (χ0) is 14.2. The van der Waals surface area contributed by atoms with Gasteiger partial charge in [-0.2, -0.15) is 0 Å². The van der Waals surface area contributed by atoms with Crippen molar-refractivity contribution in [3.05, 3.63) is 42.2 Å². The third-order valence-electron chi connectivity index (χ3n) is 4.31. The Kier molecular flexibility index (Phi) is 3.42. The maximum Gasteiger partial charge on any atom is 0.0945 e. The second-order valence-electron chi connectivity index (χ2n) is 6.72. The molecule has 1 unspecified atom stereocenters. The van der Waals surface area contributed by atoms with Gasteiger partial charge in [0.25, 0.3) is 0 Å². The molecule has 4 nitrogen and oxygen atoms in total. The van der Waals surface area contributed by atoms with Gasteiger partial charge >= 0.3 is 0 Å². The number of aromatic nitrogens is 3. The van der Waals surface area contributed by atoms with Gasteiger partial charge < -0.3 is 14.9 Å². The van der Waals surface area contributed by atoms with Crippen molar-refractivity contribution in [1.82, 2.24) is 14.1 Å². The molecule has 2 heterocycles. The van der Waals surface area contributed by atoms with Gasteiger partial charge in [-0.1, -0.05) is 13.8 Å². The predicted molar refractivity (Wildman–Crippen MR) is 80.3 cm³/mol. The van der Waals surface area contributed by atoms with E-state index in [1.807, 2.05) is 18.7 Å². The van der Waals surface area contributed by atoms with Crippen LogP contribution in [0.2, 0.25) is 0 Å². The lowest BCUT2D eigenvalue weighted by Crippen LogP contribution is -2.30. The van der Waals surface area contributed by atoms with Crippen LogP contribution in [-0.4, -0.2) is 14.1 Å². The summed E-state index contributed by atoms with van der Waals surface area (Å²) in [6, 6.07) is 2.41. The summed E-state index contributed by atoms with van der Waals surface area (Å²) in [6.45, 7) is 6.70. The number of rotatable bonds is 4. The Morgan fingerprint density at radius 2 is 2.20 bits per heavy atom. The van der Waals surface area contributed by atoms with E-state index in [4.69, 9.17) is 5.73 Å². The van der Waals surface area contributed by atoms with E-state index in [2.05, 4.69) is 40.2 Å². The average molecular weight is 272 g/mol. The Morgan fingerprint density at radius 1 is 1.35 bits per heavy atom. The molecule has 0 spiro atoms. The van der Waals surface area contributed by atoms with Gasteiger partial charge in [-0.25, -0.2) is 4.98 Å². The highest BCUT2D eigenvalue weighted by atomic mass is 15.0. The number of imidazole rings is 1. The highest BCUT2D eigenvalue weighted by Gasteiger charge is 2.32. The normalized spacial score (nSPS) is 20.9. The van der Waals surface area contributed by atoms with Gasteiger partial charge in [-0.05, 0) is 36.3 Å². The van der Waals surface area contributed by atoms with Gasteiger partial charge in [0.2, 0.25) is 0 Å². The molecule has 108 valence electrons. The summed E-state index contributed by atoms with van der Waals surface area (Å²) in [5, 5.41) is 0. The summed E-state index contributed by atoms with van der Waals surface area (Å²) in [5.41, 5.74) is 9.43. The second-order valence-corrected chi connectivity index (χ2v) is 6.72. The van der Waals surface area contributed by atoms with E-state index < -0.39 is 0 Å². The van der Waals surface area contributed by atoms with Crippen LogP contribution in [0.25, 0.3) is 0 Å². The summed E-state index contributed by atoms with van der Waals surface area (Å²) in [5.74, 6) is 0. The van der Waals surface area contributed by atoms with Gasteiger partial charge in [0.05, 0.1) is 6.33 Å². The maximum absolute atomic E-state index is 6.32.